The van der Waals surface area contributed by atoms with Crippen molar-refractivity contribution in [1.29, 1.82) is 0 Å². The predicted octanol–water partition coefficient (Wildman–Crippen LogP) is 4.64. The molecule has 0 aliphatic rings. The second-order valence-corrected chi connectivity index (χ2v) is 8.63. The number of nitrogens with one attached hydrogen (secondary N) is 1. The van der Waals surface area contributed by atoms with E-state index in [1.165, 1.54) is 25.1 Å². The quantitative estimate of drug-likeness (QED) is 0.399. The van der Waals surface area contributed by atoms with Crippen molar-refractivity contribution in [2.75, 3.05) is 19.1 Å². The molecular formula is C27H26N2O5S. The molecule has 8 heteroatoms. The summed E-state index contributed by atoms with van der Waals surface area (Å²) in [5.41, 5.74) is 3.79. The van der Waals surface area contributed by atoms with Crippen molar-refractivity contribution in [2.45, 2.75) is 12.5 Å². The number of carbonyl (C=O) groups is 3. The number of ether oxygens (including phenoxy) is 1. The van der Waals surface area contributed by atoms with Crippen LogP contribution >= 0.6 is 11.8 Å². The van der Waals surface area contributed by atoms with Gasteiger partial charge in [-0.1, -0.05) is 48.6 Å². The molecule has 0 fully saturated rings. The number of methoxy groups -OCH3 is 1. The Labute approximate surface area is 208 Å². The maximum atomic E-state index is 13.1. The van der Waals surface area contributed by atoms with Gasteiger partial charge in [0, 0.05) is 18.0 Å². The number of carbonyl (C=O) groups excluding carboxylic acids is 2. The molecule has 0 aliphatic heterocycles. The summed E-state index contributed by atoms with van der Waals surface area (Å²) in [5.74, 6) is -1.34. The summed E-state index contributed by atoms with van der Waals surface area (Å²) in [4.78, 5) is 40.5. The zero-order chi connectivity index (χ0) is 25.2. The number of aromatic nitrogens is 1. The highest BCUT2D eigenvalue weighted by molar-refractivity contribution is 7.98. The molecule has 3 rings (SSSR count). The van der Waals surface area contributed by atoms with Crippen molar-refractivity contribution in [2.24, 2.45) is 0 Å². The van der Waals surface area contributed by atoms with Crippen molar-refractivity contribution in [1.82, 2.24) is 10.3 Å². The number of benzene rings is 2. The highest BCUT2D eigenvalue weighted by Crippen LogP contribution is 2.26. The van der Waals surface area contributed by atoms with E-state index in [2.05, 4.69) is 10.3 Å². The molecule has 0 bridgehead atoms. The number of aliphatic carboxylic acids is 1. The first-order chi connectivity index (χ1) is 16.9. The average Bonchev–Trinajstić information content (AvgIpc) is 2.89. The van der Waals surface area contributed by atoms with Crippen molar-refractivity contribution in [3.8, 4) is 11.1 Å². The van der Waals surface area contributed by atoms with E-state index < -0.39 is 23.9 Å². The Morgan fingerprint density at radius 2 is 1.80 bits per heavy atom. The second-order valence-electron chi connectivity index (χ2n) is 7.65. The van der Waals surface area contributed by atoms with E-state index in [9.17, 15) is 19.5 Å². The number of hydrogen-bond donors (Lipinski definition) is 2. The third kappa shape index (κ3) is 7.04. The smallest absolute Gasteiger partial charge is 0.339 e. The molecule has 0 saturated carbocycles. The van der Waals surface area contributed by atoms with Crippen LogP contribution in [0.3, 0.4) is 0 Å². The van der Waals surface area contributed by atoms with Crippen molar-refractivity contribution in [3.63, 3.8) is 0 Å². The summed E-state index contributed by atoms with van der Waals surface area (Å²) in [7, 11) is 1.31. The van der Waals surface area contributed by atoms with Gasteiger partial charge in [0.25, 0.3) is 5.91 Å². The SMILES string of the molecule is COC(=O)c1cncc(/C=C/c2ccc(C(=O)N[C@@H](CCSC)C(=O)O)c(-c3ccccc3)c2)c1. The molecule has 1 heterocycles. The van der Waals surface area contributed by atoms with Gasteiger partial charge in [0.15, 0.2) is 0 Å². The van der Waals surface area contributed by atoms with Crippen LogP contribution in [0.1, 0.15) is 38.3 Å². The van der Waals surface area contributed by atoms with Gasteiger partial charge in [-0.15, -0.1) is 0 Å². The molecule has 1 atom stereocenters. The molecule has 35 heavy (non-hydrogen) atoms. The van der Waals surface area contributed by atoms with Crippen LogP contribution in [-0.4, -0.2) is 53.1 Å². The Hall–Kier alpha value is -3.91. The average molecular weight is 491 g/mol. The highest BCUT2D eigenvalue weighted by atomic mass is 32.2. The molecule has 1 amide bonds. The summed E-state index contributed by atoms with van der Waals surface area (Å²) in [5, 5.41) is 12.2. The van der Waals surface area contributed by atoms with E-state index in [4.69, 9.17) is 4.74 Å². The van der Waals surface area contributed by atoms with Gasteiger partial charge in [-0.3, -0.25) is 9.78 Å². The molecule has 2 N–H and O–H groups in total. The lowest BCUT2D eigenvalue weighted by atomic mass is 9.96. The fourth-order valence-corrected chi connectivity index (χ4v) is 3.89. The number of nitrogens with zero attached hydrogens (tertiary/aromatic N) is 1. The molecule has 1 aromatic heterocycles. The van der Waals surface area contributed by atoms with Gasteiger partial charge in [0.1, 0.15) is 6.04 Å². The summed E-state index contributed by atoms with van der Waals surface area (Å²) in [6.45, 7) is 0. The molecule has 0 spiro atoms. The number of hydrogen-bond acceptors (Lipinski definition) is 6. The topological polar surface area (TPSA) is 106 Å². The van der Waals surface area contributed by atoms with Crippen LogP contribution in [0.15, 0.2) is 67.0 Å². The Morgan fingerprint density at radius 3 is 2.49 bits per heavy atom. The summed E-state index contributed by atoms with van der Waals surface area (Å²) >= 11 is 1.53. The number of thioether (sulfide) groups is 1. The Morgan fingerprint density at radius 1 is 1.06 bits per heavy atom. The normalized spacial score (nSPS) is 11.7. The van der Waals surface area contributed by atoms with Gasteiger partial charge in [-0.05, 0) is 58.9 Å². The number of carboxylic acids is 1. The third-order valence-corrected chi connectivity index (χ3v) is 5.88. The Kier molecular flexibility index (Phi) is 9.20. The minimum absolute atomic E-state index is 0.336. The largest absolute Gasteiger partial charge is 0.480 e. The zero-order valence-electron chi connectivity index (χ0n) is 19.4. The molecule has 180 valence electrons. The number of pyridine rings is 1. The molecule has 0 saturated heterocycles. The first-order valence-corrected chi connectivity index (χ1v) is 12.3. The van der Waals surface area contributed by atoms with Crippen molar-refractivity contribution < 1.29 is 24.2 Å². The monoisotopic (exact) mass is 490 g/mol. The molecule has 0 radical (unpaired) electrons. The van der Waals surface area contributed by atoms with Gasteiger partial charge < -0.3 is 15.2 Å². The second kappa shape index (κ2) is 12.5. The van der Waals surface area contributed by atoms with Crippen molar-refractivity contribution >= 4 is 41.8 Å². The van der Waals surface area contributed by atoms with Gasteiger partial charge in [0.05, 0.1) is 12.7 Å². The maximum absolute atomic E-state index is 13.1. The Bertz CT molecular complexity index is 1230. The number of amides is 1. The van der Waals surface area contributed by atoms with Crippen molar-refractivity contribution in [3.05, 3.63) is 89.2 Å². The van der Waals surface area contributed by atoms with Crippen LogP contribution in [0.5, 0.6) is 0 Å². The van der Waals surface area contributed by atoms with E-state index in [-0.39, 0.29) is 0 Å². The molecular weight excluding hydrogens is 464 g/mol. The van der Waals surface area contributed by atoms with E-state index in [0.29, 0.717) is 34.4 Å². The predicted molar refractivity (Wildman–Crippen MR) is 138 cm³/mol. The zero-order valence-corrected chi connectivity index (χ0v) is 20.2. The fourth-order valence-electron chi connectivity index (χ4n) is 3.42. The van der Waals surface area contributed by atoms with Gasteiger partial charge >= 0.3 is 11.9 Å². The third-order valence-electron chi connectivity index (χ3n) is 5.24. The van der Waals surface area contributed by atoms with Crippen LogP contribution in [0.4, 0.5) is 0 Å². The van der Waals surface area contributed by atoms with E-state index >= 15 is 0 Å². The first kappa shape index (κ1) is 25.7. The summed E-state index contributed by atoms with van der Waals surface area (Å²) in [6.07, 6.45) is 8.96. The molecule has 3 aromatic rings. The fraction of sp³-hybridized carbons (Fsp3) is 0.185. The van der Waals surface area contributed by atoms with Gasteiger partial charge in [0.2, 0.25) is 0 Å². The molecule has 0 unspecified atom stereocenters. The Balaban J connectivity index is 1.93. The standard InChI is InChI=1S/C27H26N2O5S/c1-34-27(33)21-14-19(16-28-17-21)9-8-18-10-11-22(23(15-18)20-6-4-3-5-7-20)25(30)29-24(26(31)32)12-13-35-2/h3-11,14-17,24H,12-13H2,1-2H3,(H,29,30)(H,31,32)/b9-8+/t24-/m0/s1. The van der Waals surface area contributed by atoms with Crippen LogP contribution < -0.4 is 5.32 Å². The van der Waals surface area contributed by atoms with Crippen LogP contribution in [-0.2, 0) is 9.53 Å². The van der Waals surface area contributed by atoms with Gasteiger partial charge in [-0.2, -0.15) is 11.8 Å². The lowest BCUT2D eigenvalue weighted by Crippen LogP contribution is -2.41. The number of carboxylic acid groups (broad SMARTS) is 1. The maximum Gasteiger partial charge on any atom is 0.339 e. The van der Waals surface area contributed by atoms with Crippen LogP contribution in [0.2, 0.25) is 0 Å². The van der Waals surface area contributed by atoms with E-state index in [0.717, 1.165) is 11.1 Å². The van der Waals surface area contributed by atoms with Gasteiger partial charge in [-0.25, -0.2) is 9.59 Å². The summed E-state index contributed by atoms with van der Waals surface area (Å²) < 4.78 is 4.74. The summed E-state index contributed by atoms with van der Waals surface area (Å²) in [6, 6.07) is 15.5. The van der Waals surface area contributed by atoms with Crippen LogP contribution in [0.25, 0.3) is 23.3 Å². The minimum atomic E-state index is -1.06. The lowest BCUT2D eigenvalue weighted by Gasteiger charge is -2.16. The molecule has 0 aliphatic carbocycles. The highest BCUT2D eigenvalue weighted by Gasteiger charge is 2.22. The first-order valence-electron chi connectivity index (χ1n) is 10.9. The molecule has 2 aromatic carbocycles. The minimum Gasteiger partial charge on any atom is -0.480 e. The molecule has 7 nitrogen and oxygen atoms in total. The van der Waals surface area contributed by atoms with Crippen LogP contribution in [0, 0.1) is 0 Å². The van der Waals surface area contributed by atoms with E-state index in [1.807, 2.05) is 54.8 Å². The van der Waals surface area contributed by atoms with E-state index in [1.54, 1.807) is 24.4 Å². The number of esters is 1. The lowest BCUT2D eigenvalue weighted by molar-refractivity contribution is -0.139. The number of rotatable bonds is 10.